The van der Waals surface area contributed by atoms with Crippen molar-refractivity contribution in [2.24, 2.45) is 0 Å². The number of nitrogens with zero attached hydrogens (tertiary/aromatic N) is 5. The zero-order chi connectivity index (χ0) is 48.1. The Kier molecular flexibility index (Phi) is 8.95. The Balaban J connectivity index is 0.943. The van der Waals surface area contributed by atoms with Crippen LogP contribution in [0.15, 0.2) is 249 Å². The fourth-order valence-electron chi connectivity index (χ4n) is 11.6. The van der Waals surface area contributed by atoms with Gasteiger partial charge >= 0.3 is 0 Å². The van der Waals surface area contributed by atoms with Crippen LogP contribution in [0.4, 0.5) is 0 Å². The highest BCUT2D eigenvalue weighted by molar-refractivity contribution is 6.25. The monoisotopic (exact) mass is 927 g/mol. The van der Waals surface area contributed by atoms with Crippen LogP contribution < -0.4 is 0 Å². The van der Waals surface area contributed by atoms with Gasteiger partial charge < -0.3 is 9.13 Å². The SMILES string of the molecule is N#Cc1ccc(-n2c(-c3ccc4ccccc4c3)nc3c4ccc(-c5ccc(-n6c7ccccc7c7ccccc76)cc5)cc4c4cc(-c5ccc(-n6c7ccccc7c7ccccc76)cc5)ccc4c32)cc1. The van der Waals surface area contributed by atoms with Gasteiger partial charge in [0.2, 0.25) is 0 Å². The Morgan fingerprint density at radius 2 is 0.712 bits per heavy atom. The van der Waals surface area contributed by atoms with E-state index in [9.17, 15) is 5.26 Å². The van der Waals surface area contributed by atoms with Crippen molar-refractivity contribution in [3.8, 4) is 56.8 Å². The van der Waals surface area contributed by atoms with E-state index in [1.165, 1.54) is 49.0 Å². The summed E-state index contributed by atoms with van der Waals surface area (Å²) in [4.78, 5) is 5.63. The molecule has 15 rings (SSSR count). The molecule has 5 heteroatoms. The fraction of sp³-hybridized carbons (Fsp3) is 0. The third-order valence-electron chi connectivity index (χ3n) is 15.1. The molecule has 0 aliphatic heterocycles. The highest BCUT2D eigenvalue weighted by Gasteiger charge is 2.22. The molecule has 0 spiro atoms. The van der Waals surface area contributed by atoms with Gasteiger partial charge in [0.05, 0.1) is 44.7 Å². The first-order valence-electron chi connectivity index (χ1n) is 24.7. The van der Waals surface area contributed by atoms with E-state index in [0.717, 1.165) is 88.7 Å². The normalized spacial score (nSPS) is 11.8. The first kappa shape index (κ1) is 40.8. The van der Waals surface area contributed by atoms with E-state index >= 15 is 0 Å². The third-order valence-corrected chi connectivity index (χ3v) is 15.1. The molecule has 3 heterocycles. The maximum Gasteiger partial charge on any atom is 0.145 e. The van der Waals surface area contributed by atoms with Crippen LogP contribution in [0.2, 0.25) is 0 Å². The van der Waals surface area contributed by atoms with E-state index in [2.05, 4.69) is 244 Å². The Morgan fingerprint density at radius 1 is 0.301 bits per heavy atom. The van der Waals surface area contributed by atoms with Crippen molar-refractivity contribution in [2.75, 3.05) is 0 Å². The Morgan fingerprint density at radius 3 is 1.23 bits per heavy atom. The first-order chi connectivity index (χ1) is 36.1. The predicted octanol–water partition coefficient (Wildman–Crippen LogP) is 17.6. The molecule has 0 amide bonds. The van der Waals surface area contributed by atoms with Gasteiger partial charge in [-0.3, -0.25) is 4.57 Å². The van der Waals surface area contributed by atoms with Gasteiger partial charge in [0.1, 0.15) is 5.82 Å². The summed E-state index contributed by atoms with van der Waals surface area (Å²) in [7, 11) is 0. The summed E-state index contributed by atoms with van der Waals surface area (Å²) in [6.45, 7) is 0. The summed E-state index contributed by atoms with van der Waals surface area (Å²) < 4.78 is 7.03. The smallest absolute Gasteiger partial charge is 0.145 e. The number of fused-ring (bicyclic) bond motifs is 13. The molecular formula is C68H41N5. The molecule has 3 aromatic heterocycles. The lowest BCUT2D eigenvalue weighted by molar-refractivity contribution is 1.11. The number of benzene rings is 12. The minimum absolute atomic E-state index is 0.611. The van der Waals surface area contributed by atoms with Gasteiger partial charge in [-0.1, -0.05) is 158 Å². The number of nitriles is 1. The Labute approximate surface area is 419 Å². The van der Waals surface area contributed by atoms with Crippen LogP contribution in [0.3, 0.4) is 0 Å². The highest BCUT2D eigenvalue weighted by atomic mass is 15.1. The van der Waals surface area contributed by atoms with E-state index in [-0.39, 0.29) is 0 Å². The molecule has 0 aliphatic rings. The quantitative estimate of drug-likeness (QED) is 0.156. The molecule has 0 fully saturated rings. The number of rotatable bonds is 6. The number of para-hydroxylation sites is 4. The van der Waals surface area contributed by atoms with Gasteiger partial charge in [0.25, 0.3) is 0 Å². The van der Waals surface area contributed by atoms with Crippen LogP contribution in [-0.4, -0.2) is 18.7 Å². The summed E-state index contributed by atoms with van der Waals surface area (Å²) in [6.07, 6.45) is 0. The maximum atomic E-state index is 9.86. The molecule has 0 aliphatic carbocycles. The zero-order valence-corrected chi connectivity index (χ0v) is 39.4. The lowest BCUT2D eigenvalue weighted by Gasteiger charge is -2.15. The van der Waals surface area contributed by atoms with Crippen molar-refractivity contribution in [3.63, 3.8) is 0 Å². The summed E-state index contributed by atoms with van der Waals surface area (Å²) in [5.41, 5.74) is 16.0. The average molecular weight is 928 g/mol. The number of hydrogen-bond acceptors (Lipinski definition) is 2. The Bertz CT molecular complexity index is 4670. The van der Waals surface area contributed by atoms with Crippen LogP contribution in [0.5, 0.6) is 0 Å². The molecule has 12 aromatic carbocycles. The largest absolute Gasteiger partial charge is 0.309 e. The summed E-state index contributed by atoms with van der Waals surface area (Å²) in [6, 6.07) is 91.7. The fourth-order valence-corrected chi connectivity index (χ4v) is 11.6. The van der Waals surface area contributed by atoms with Crippen molar-refractivity contribution in [1.29, 1.82) is 5.26 Å². The lowest BCUT2D eigenvalue weighted by atomic mass is 9.93. The first-order valence-corrected chi connectivity index (χ1v) is 24.7. The van der Waals surface area contributed by atoms with Crippen molar-refractivity contribution in [3.05, 3.63) is 254 Å². The number of hydrogen-bond donors (Lipinski definition) is 0. The maximum absolute atomic E-state index is 9.86. The second-order valence-corrected chi connectivity index (χ2v) is 19.0. The molecule has 0 saturated heterocycles. The summed E-state index contributed by atoms with van der Waals surface area (Å²) in [5.74, 6) is 0.841. The molecule has 0 bridgehead atoms. The Hall–Kier alpha value is -10.0. The van der Waals surface area contributed by atoms with Gasteiger partial charge in [-0.05, 0) is 135 Å². The van der Waals surface area contributed by atoms with Crippen LogP contribution >= 0.6 is 0 Å². The highest BCUT2D eigenvalue weighted by Crippen LogP contribution is 2.43. The summed E-state index contributed by atoms with van der Waals surface area (Å²) in [5, 5.41) is 21.6. The minimum atomic E-state index is 0.611. The van der Waals surface area contributed by atoms with Crippen molar-refractivity contribution >= 4 is 87.0 Å². The second kappa shape index (κ2) is 16.0. The molecule has 5 nitrogen and oxygen atoms in total. The standard InChI is InChI=1S/C68H41N5/c69-42-43-21-31-53(32-22-43)73-67-59-38-30-49(46-27-35-52(36-28-46)72-64-19-9-5-15-56(64)57-16-6-10-20-65(57)72)41-61(59)60-40-48(29-37-58(60)66(67)70-68(73)50-24-23-44-11-1-2-12-47(44)39-50)45-25-33-51(34-26-45)71-62-17-7-3-13-54(62)55-14-4-8-18-63(55)71/h1-41H. The van der Waals surface area contributed by atoms with E-state index < -0.39 is 0 Å². The minimum Gasteiger partial charge on any atom is -0.309 e. The van der Waals surface area contributed by atoms with E-state index in [4.69, 9.17) is 4.98 Å². The van der Waals surface area contributed by atoms with E-state index in [0.29, 0.717) is 5.56 Å². The molecule has 0 saturated carbocycles. The third kappa shape index (κ3) is 6.31. The van der Waals surface area contributed by atoms with Crippen LogP contribution in [0, 0.1) is 11.3 Å². The van der Waals surface area contributed by atoms with Crippen LogP contribution in [0.1, 0.15) is 5.56 Å². The van der Waals surface area contributed by atoms with E-state index in [1.54, 1.807) is 0 Å². The topological polar surface area (TPSA) is 51.5 Å². The molecule has 0 atom stereocenters. The molecule has 0 N–H and O–H groups in total. The second-order valence-electron chi connectivity index (χ2n) is 19.0. The van der Waals surface area contributed by atoms with Crippen molar-refractivity contribution in [1.82, 2.24) is 18.7 Å². The van der Waals surface area contributed by atoms with Gasteiger partial charge in [-0.25, -0.2) is 4.98 Å². The molecule has 73 heavy (non-hydrogen) atoms. The molecule has 338 valence electrons. The van der Waals surface area contributed by atoms with E-state index in [1.807, 2.05) is 24.3 Å². The average Bonchev–Trinajstić information content (AvgIpc) is 4.14. The summed E-state index contributed by atoms with van der Waals surface area (Å²) >= 11 is 0. The van der Waals surface area contributed by atoms with Crippen LogP contribution in [-0.2, 0) is 0 Å². The van der Waals surface area contributed by atoms with Gasteiger partial charge in [-0.15, -0.1) is 0 Å². The number of aromatic nitrogens is 4. The predicted molar refractivity (Wildman–Crippen MR) is 303 cm³/mol. The van der Waals surface area contributed by atoms with Gasteiger partial charge in [0.15, 0.2) is 0 Å². The molecular weight excluding hydrogens is 887 g/mol. The van der Waals surface area contributed by atoms with Crippen molar-refractivity contribution < 1.29 is 0 Å². The molecule has 0 unspecified atom stereocenters. The van der Waals surface area contributed by atoms with Gasteiger partial charge in [0, 0.05) is 54.9 Å². The van der Waals surface area contributed by atoms with Crippen LogP contribution in [0.25, 0.3) is 138 Å². The molecule has 15 aromatic rings. The zero-order valence-electron chi connectivity index (χ0n) is 39.4. The molecule has 0 radical (unpaired) electrons. The number of imidazole rings is 1. The van der Waals surface area contributed by atoms with Crippen molar-refractivity contribution in [2.45, 2.75) is 0 Å². The van der Waals surface area contributed by atoms with Gasteiger partial charge in [-0.2, -0.15) is 5.26 Å². The lowest BCUT2D eigenvalue weighted by Crippen LogP contribution is -1.98.